The van der Waals surface area contributed by atoms with E-state index in [1.165, 1.54) is 5.69 Å². The fraction of sp³-hybridized carbons (Fsp3) is 0.500. The molecule has 3 nitrogen and oxygen atoms in total. The maximum Gasteiger partial charge on any atom is 0.0471 e. The first kappa shape index (κ1) is 13.7. The first-order valence-corrected chi connectivity index (χ1v) is 6.86. The van der Waals surface area contributed by atoms with Crippen molar-refractivity contribution in [3.63, 3.8) is 0 Å². The topological polar surface area (TPSA) is 32.5 Å². The van der Waals surface area contributed by atoms with Crippen molar-refractivity contribution in [1.29, 1.82) is 0 Å². The van der Waals surface area contributed by atoms with Gasteiger partial charge in [0.2, 0.25) is 0 Å². The lowest BCUT2D eigenvalue weighted by atomic mass is 10.1. The molecular weight excluding hydrogens is 246 g/mol. The average molecular weight is 267 g/mol. The van der Waals surface area contributed by atoms with Crippen molar-refractivity contribution < 1.29 is 0 Å². The van der Waals surface area contributed by atoms with Crippen molar-refractivity contribution in [3.05, 3.63) is 35.2 Å². The van der Waals surface area contributed by atoms with E-state index in [1.54, 1.807) is 0 Å². The van der Waals surface area contributed by atoms with Gasteiger partial charge >= 0.3 is 0 Å². The minimum atomic E-state index is 0.499. The zero-order valence-corrected chi connectivity index (χ0v) is 11.7. The molecule has 18 heavy (non-hydrogen) atoms. The van der Waals surface area contributed by atoms with Gasteiger partial charge in [-0.05, 0) is 24.1 Å². The summed E-state index contributed by atoms with van der Waals surface area (Å²) in [6, 6.07) is 6.19. The van der Waals surface area contributed by atoms with Gasteiger partial charge in [0.25, 0.3) is 0 Å². The molecule has 1 saturated heterocycles. The Kier molecular flexibility index (Phi) is 4.87. The molecule has 1 heterocycles. The monoisotopic (exact) mass is 266 g/mol. The number of piperazine rings is 1. The summed E-state index contributed by atoms with van der Waals surface area (Å²) >= 11 is 6.21. The Morgan fingerprint density at radius 3 is 2.56 bits per heavy atom. The molecule has 0 amide bonds. The Balaban J connectivity index is 1.99. The predicted molar refractivity (Wildman–Crippen MR) is 78.0 cm³/mol. The van der Waals surface area contributed by atoms with E-state index >= 15 is 0 Å². The summed E-state index contributed by atoms with van der Waals surface area (Å²) in [5.41, 5.74) is 7.84. The van der Waals surface area contributed by atoms with Crippen LogP contribution in [0.3, 0.4) is 0 Å². The predicted octanol–water partition coefficient (Wildman–Crippen LogP) is 2.14. The second kappa shape index (κ2) is 6.41. The molecular formula is C14H21ClN3. The van der Waals surface area contributed by atoms with Gasteiger partial charge in [0.05, 0.1) is 0 Å². The summed E-state index contributed by atoms with van der Waals surface area (Å²) in [7, 11) is 0. The quantitative estimate of drug-likeness (QED) is 0.906. The molecule has 1 fully saturated rings. The van der Waals surface area contributed by atoms with Crippen LogP contribution in [0.25, 0.3) is 0 Å². The number of benzene rings is 1. The molecule has 0 aliphatic carbocycles. The van der Waals surface area contributed by atoms with Crippen LogP contribution < -0.4 is 10.6 Å². The van der Waals surface area contributed by atoms with Crippen molar-refractivity contribution in [2.45, 2.75) is 13.5 Å². The Labute approximate surface area is 115 Å². The van der Waals surface area contributed by atoms with Crippen LogP contribution in [0.5, 0.6) is 0 Å². The summed E-state index contributed by atoms with van der Waals surface area (Å²) < 4.78 is 0. The third-order valence-corrected chi connectivity index (χ3v) is 3.79. The summed E-state index contributed by atoms with van der Waals surface area (Å²) in [5, 5.41) is 0.777. The molecule has 2 rings (SSSR count). The van der Waals surface area contributed by atoms with Gasteiger partial charge in [-0.1, -0.05) is 24.6 Å². The van der Waals surface area contributed by atoms with Crippen LogP contribution in [0.1, 0.15) is 12.5 Å². The van der Waals surface area contributed by atoms with Crippen LogP contribution in [-0.4, -0.2) is 37.6 Å². The lowest BCUT2D eigenvalue weighted by Crippen LogP contribution is -2.46. The molecule has 4 heteroatoms. The number of anilines is 1. The highest BCUT2D eigenvalue weighted by Gasteiger charge is 2.16. The molecule has 0 aromatic heterocycles. The number of hydrogen-bond acceptors (Lipinski definition) is 3. The van der Waals surface area contributed by atoms with Crippen LogP contribution in [-0.2, 0) is 6.54 Å². The van der Waals surface area contributed by atoms with Crippen LogP contribution in [0.4, 0.5) is 5.69 Å². The van der Waals surface area contributed by atoms with Gasteiger partial charge in [0.1, 0.15) is 0 Å². The normalized spacial score (nSPS) is 17.2. The van der Waals surface area contributed by atoms with E-state index in [0.29, 0.717) is 6.54 Å². The minimum Gasteiger partial charge on any atom is -0.369 e. The zero-order chi connectivity index (χ0) is 13.0. The van der Waals surface area contributed by atoms with Crippen molar-refractivity contribution >= 4 is 17.3 Å². The van der Waals surface area contributed by atoms with Gasteiger partial charge in [-0.2, -0.15) is 0 Å². The SMILES string of the molecule is C[CH]CN1CCN(c2ccc(CN)c(Cl)c2)CC1. The van der Waals surface area contributed by atoms with Crippen molar-refractivity contribution in [2.24, 2.45) is 5.73 Å². The van der Waals surface area contributed by atoms with Gasteiger partial charge in [-0.25, -0.2) is 0 Å². The number of hydrogen-bond donors (Lipinski definition) is 1. The molecule has 0 spiro atoms. The zero-order valence-electron chi connectivity index (χ0n) is 10.9. The van der Waals surface area contributed by atoms with E-state index in [9.17, 15) is 0 Å². The van der Waals surface area contributed by atoms with Gasteiger partial charge < -0.3 is 10.6 Å². The van der Waals surface area contributed by atoms with Gasteiger partial charge in [0, 0.05) is 50.0 Å². The second-order valence-corrected chi connectivity index (χ2v) is 5.08. The smallest absolute Gasteiger partial charge is 0.0471 e. The van der Waals surface area contributed by atoms with Crippen LogP contribution >= 0.6 is 11.6 Å². The number of nitrogens with zero attached hydrogens (tertiary/aromatic N) is 2. The van der Waals surface area contributed by atoms with E-state index in [0.717, 1.165) is 43.3 Å². The second-order valence-electron chi connectivity index (χ2n) is 4.68. The third-order valence-electron chi connectivity index (χ3n) is 3.43. The number of rotatable bonds is 4. The summed E-state index contributed by atoms with van der Waals surface area (Å²) in [6.07, 6.45) is 2.21. The Morgan fingerprint density at radius 1 is 1.28 bits per heavy atom. The molecule has 0 bridgehead atoms. The molecule has 0 atom stereocenters. The number of nitrogens with two attached hydrogens (primary N) is 1. The third kappa shape index (κ3) is 3.16. The van der Waals surface area contributed by atoms with Crippen LogP contribution in [0.15, 0.2) is 18.2 Å². The molecule has 1 aromatic carbocycles. The Morgan fingerprint density at radius 2 is 2.00 bits per heavy atom. The molecule has 99 valence electrons. The molecule has 1 aromatic rings. The highest BCUT2D eigenvalue weighted by Crippen LogP contribution is 2.24. The van der Waals surface area contributed by atoms with Gasteiger partial charge in [0.15, 0.2) is 0 Å². The minimum absolute atomic E-state index is 0.499. The maximum atomic E-state index is 6.21. The van der Waals surface area contributed by atoms with Crippen LogP contribution in [0.2, 0.25) is 5.02 Å². The van der Waals surface area contributed by atoms with Gasteiger partial charge in [-0.15, -0.1) is 0 Å². The summed E-state index contributed by atoms with van der Waals surface area (Å²) in [4.78, 5) is 4.85. The lowest BCUT2D eigenvalue weighted by molar-refractivity contribution is 0.277. The van der Waals surface area contributed by atoms with E-state index in [2.05, 4.69) is 29.2 Å². The molecule has 0 saturated carbocycles. The van der Waals surface area contributed by atoms with E-state index in [-0.39, 0.29) is 0 Å². The molecule has 1 aliphatic heterocycles. The summed E-state index contributed by atoms with van der Waals surface area (Å²) in [6.45, 7) is 8.04. The molecule has 1 radical (unpaired) electrons. The summed E-state index contributed by atoms with van der Waals surface area (Å²) in [5.74, 6) is 0. The van der Waals surface area contributed by atoms with Gasteiger partial charge in [-0.3, -0.25) is 4.90 Å². The Hall–Kier alpha value is -0.770. The van der Waals surface area contributed by atoms with E-state index in [1.807, 2.05) is 12.1 Å². The van der Waals surface area contributed by atoms with Crippen LogP contribution in [0, 0.1) is 6.42 Å². The molecule has 0 unspecified atom stereocenters. The van der Waals surface area contributed by atoms with Crippen molar-refractivity contribution in [1.82, 2.24) is 4.90 Å². The highest BCUT2D eigenvalue weighted by molar-refractivity contribution is 6.31. The van der Waals surface area contributed by atoms with E-state index in [4.69, 9.17) is 17.3 Å². The van der Waals surface area contributed by atoms with E-state index < -0.39 is 0 Å². The first-order chi connectivity index (χ1) is 8.74. The largest absolute Gasteiger partial charge is 0.369 e. The van der Waals surface area contributed by atoms with Crippen molar-refractivity contribution in [3.8, 4) is 0 Å². The molecule has 1 aliphatic rings. The number of halogens is 1. The Bertz CT molecular complexity index is 387. The highest BCUT2D eigenvalue weighted by atomic mass is 35.5. The average Bonchev–Trinajstić information content (AvgIpc) is 2.40. The van der Waals surface area contributed by atoms with Crippen molar-refractivity contribution in [2.75, 3.05) is 37.6 Å². The lowest BCUT2D eigenvalue weighted by Gasteiger charge is -2.36. The first-order valence-electron chi connectivity index (χ1n) is 6.48. The fourth-order valence-electron chi connectivity index (χ4n) is 2.35. The molecule has 2 N–H and O–H groups in total. The fourth-order valence-corrected chi connectivity index (χ4v) is 2.60. The standard InChI is InChI=1S/C14H21ClN3/c1-2-5-17-6-8-18(9-7-17)13-4-3-12(11-16)14(15)10-13/h2-4,10H,5-9,11,16H2,1H3. The maximum absolute atomic E-state index is 6.21.